The van der Waals surface area contributed by atoms with Crippen molar-refractivity contribution in [3.05, 3.63) is 53.6 Å². The number of hydrogen-bond acceptors (Lipinski definition) is 6. The van der Waals surface area contributed by atoms with Crippen LogP contribution in [0.2, 0.25) is 0 Å². The maximum Gasteiger partial charge on any atom is 0.354 e. The summed E-state index contributed by atoms with van der Waals surface area (Å²) in [5.74, 6) is 0.143. The van der Waals surface area contributed by atoms with Crippen LogP contribution in [0.25, 0.3) is 6.08 Å². The first-order valence-electron chi connectivity index (χ1n) is 7.80. The molecule has 0 saturated carbocycles. The molecule has 1 aliphatic heterocycles. The van der Waals surface area contributed by atoms with E-state index in [1.165, 1.54) is 18.4 Å². The Morgan fingerprint density at radius 2 is 2.08 bits per heavy atom. The first-order chi connectivity index (χ1) is 12.2. The monoisotopic (exact) mass is 343 g/mol. The lowest BCUT2D eigenvalue weighted by Crippen LogP contribution is -2.28. The zero-order valence-electron chi connectivity index (χ0n) is 13.6. The van der Waals surface area contributed by atoms with Crippen molar-refractivity contribution in [2.45, 2.75) is 13.3 Å². The Balaban J connectivity index is 1.84. The minimum atomic E-state index is -0.626. The average Bonchev–Trinajstić information content (AvgIpc) is 3.29. The van der Waals surface area contributed by atoms with Gasteiger partial charge in [-0.3, -0.25) is 4.79 Å². The number of nitrogens with one attached hydrogen (secondary N) is 1. The molecule has 7 nitrogen and oxygen atoms in total. The van der Waals surface area contributed by atoms with Gasteiger partial charge >= 0.3 is 5.97 Å². The molecule has 0 saturated heterocycles. The zero-order chi connectivity index (χ0) is 17.6. The highest BCUT2D eigenvalue weighted by atomic mass is 16.7. The Kier molecular flexibility index (Phi) is 5.03. The Morgan fingerprint density at radius 1 is 1.24 bits per heavy atom. The van der Waals surface area contributed by atoms with E-state index in [1.54, 1.807) is 24.3 Å². The van der Waals surface area contributed by atoms with Crippen LogP contribution in [0.4, 0.5) is 0 Å². The van der Waals surface area contributed by atoms with Crippen molar-refractivity contribution < 1.29 is 28.2 Å². The molecule has 1 aliphatic rings. The maximum atomic E-state index is 12.3. The lowest BCUT2D eigenvalue weighted by Gasteiger charge is -2.09. The Morgan fingerprint density at radius 3 is 2.84 bits per heavy atom. The number of fused-ring (bicyclic) bond motifs is 1. The maximum absolute atomic E-state index is 12.3. The number of carbonyl (C=O) groups is 2. The first kappa shape index (κ1) is 16.6. The molecule has 130 valence electrons. The summed E-state index contributed by atoms with van der Waals surface area (Å²) in [6.07, 6.45) is 3.57. The molecule has 1 aromatic heterocycles. The van der Waals surface area contributed by atoms with Gasteiger partial charge in [0.15, 0.2) is 17.3 Å². The minimum Gasteiger partial charge on any atom is -0.461 e. The van der Waals surface area contributed by atoms with Crippen molar-refractivity contribution in [2.75, 3.05) is 13.4 Å². The molecule has 0 aliphatic carbocycles. The number of ether oxygens (including phenoxy) is 3. The van der Waals surface area contributed by atoms with Crippen LogP contribution in [-0.4, -0.2) is 25.3 Å². The lowest BCUT2D eigenvalue weighted by atomic mass is 10.1. The third kappa shape index (κ3) is 4.00. The van der Waals surface area contributed by atoms with Crippen LogP contribution in [-0.2, 0) is 9.53 Å². The quantitative estimate of drug-likeness (QED) is 0.641. The lowest BCUT2D eigenvalue weighted by molar-refractivity contribution is -0.139. The van der Waals surface area contributed by atoms with Crippen molar-refractivity contribution in [2.24, 2.45) is 0 Å². The van der Waals surface area contributed by atoms with E-state index in [9.17, 15) is 9.59 Å². The highest BCUT2D eigenvalue weighted by molar-refractivity contribution is 6.02. The largest absolute Gasteiger partial charge is 0.461 e. The van der Waals surface area contributed by atoms with Crippen LogP contribution in [0.3, 0.4) is 0 Å². The second-order valence-corrected chi connectivity index (χ2v) is 5.24. The molecule has 0 fully saturated rings. The van der Waals surface area contributed by atoms with Crippen LogP contribution >= 0.6 is 0 Å². The molecule has 2 aromatic rings. The summed E-state index contributed by atoms with van der Waals surface area (Å²) in [7, 11) is 0. The standard InChI is InChI=1S/C18H17NO6/c1-2-7-23-18(21)13(19-17(20)15-4-3-8-22-15)9-12-5-6-14-16(10-12)25-11-24-14/h3-6,8-10H,2,7,11H2,1H3,(H,19,20)/b13-9+. The van der Waals surface area contributed by atoms with E-state index in [2.05, 4.69) is 5.32 Å². The SMILES string of the molecule is CCCOC(=O)/C(=C\c1ccc2c(c1)OCO2)NC(=O)c1ccco1. The summed E-state index contributed by atoms with van der Waals surface area (Å²) in [5, 5.41) is 2.53. The molecule has 0 atom stereocenters. The van der Waals surface area contributed by atoms with Gasteiger partial charge in [-0.15, -0.1) is 0 Å². The molecule has 7 heteroatoms. The minimum absolute atomic E-state index is 0.00807. The summed E-state index contributed by atoms with van der Waals surface area (Å²) < 4.78 is 20.7. The van der Waals surface area contributed by atoms with Crippen molar-refractivity contribution >= 4 is 18.0 Å². The highest BCUT2D eigenvalue weighted by Gasteiger charge is 2.18. The van der Waals surface area contributed by atoms with E-state index in [1.807, 2.05) is 6.92 Å². The fourth-order valence-corrected chi connectivity index (χ4v) is 2.18. The van der Waals surface area contributed by atoms with E-state index in [0.717, 1.165) is 0 Å². The molecule has 1 amide bonds. The summed E-state index contributed by atoms with van der Waals surface area (Å²) in [6, 6.07) is 8.29. The highest BCUT2D eigenvalue weighted by Crippen LogP contribution is 2.33. The zero-order valence-corrected chi connectivity index (χ0v) is 13.6. The summed E-state index contributed by atoms with van der Waals surface area (Å²) in [4.78, 5) is 24.4. The molecular formula is C18H17NO6. The molecule has 0 spiro atoms. The number of rotatable bonds is 6. The summed E-state index contributed by atoms with van der Waals surface area (Å²) in [5.41, 5.74) is 0.668. The van der Waals surface area contributed by atoms with Crippen LogP contribution in [0.15, 0.2) is 46.7 Å². The van der Waals surface area contributed by atoms with Crippen LogP contribution < -0.4 is 14.8 Å². The van der Waals surface area contributed by atoms with Crippen LogP contribution in [0.1, 0.15) is 29.5 Å². The van der Waals surface area contributed by atoms with Gasteiger partial charge in [-0.2, -0.15) is 0 Å². The number of esters is 1. The molecular weight excluding hydrogens is 326 g/mol. The van der Waals surface area contributed by atoms with Gasteiger partial charge in [0.05, 0.1) is 12.9 Å². The van der Waals surface area contributed by atoms with Crippen molar-refractivity contribution in [3.8, 4) is 11.5 Å². The van der Waals surface area contributed by atoms with E-state index in [-0.39, 0.29) is 24.9 Å². The third-order valence-corrected chi connectivity index (χ3v) is 3.36. The summed E-state index contributed by atoms with van der Waals surface area (Å²) >= 11 is 0. The smallest absolute Gasteiger partial charge is 0.354 e. The van der Waals surface area contributed by atoms with E-state index < -0.39 is 11.9 Å². The van der Waals surface area contributed by atoms with E-state index in [0.29, 0.717) is 23.5 Å². The topological polar surface area (TPSA) is 87.0 Å². The third-order valence-electron chi connectivity index (χ3n) is 3.36. The Bertz CT molecular complexity index is 794. The van der Waals surface area contributed by atoms with E-state index in [4.69, 9.17) is 18.6 Å². The molecule has 0 radical (unpaired) electrons. The average molecular weight is 343 g/mol. The van der Waals surface area contributed by atoms with Crippen molar-refractivity contribution in [1.82, 2.24) is 5.32 Å². The van der Waals surface area contributed by atoms with Crippen molar-refractivity contribution in [1.29, 1.82) is 0 Å². The second kappa shape index (κ2) is 7.57. The predicted octanol–water partition coefficient (Wildman–Crippen LogP) is 2.73. The molecule has 1 aromatic carbocycles. The van der Waals surface area contributed by atoms with Crippen LogP contribution in [0, 0.1) is 0 Å². The number of amides is 1. The van der Waals surface area contributed by atoms with Gasteiger partial charge in [-0.1, -0.05) is 13.0 Å². The fraction of sp³-hybridized carbons (Fsp3) is 0.222. The van der Waals surface area contributed by atoms with Gasteiger partial charge in [0, 0.05) is 0 Å². The second-order valence-electron chi connectivity index (χ2n) is 5.24. The first-order valence-corrected chi connectivity index (χ1v) is 7.80. The normalized spacial score (nSPS) is 12.8. The molecule has 25 heavy (non-hydrogen) atoms. The van der Waals surface area contributed by atoms with Gasteiger partial charge in [-0.25, -0.2) is 4.79 Å². The molecule has 2 heterocycles. The van der Waals surface area contributed by atoms with Gasteiger partial charge in [0.2, 0.25) is 6.79 Å². The van der Waals surface area contributed by atoms with E-state index >= 15 is 0 Å². The fourth-order valence-electron chi connectivity index (χ4n) is 2.18. The van der Waals surface area contributed by atoms with Gasteiger partial charge in [-0.05, 0) is 42.3 Å². The molecule has 1 N–H and O–H groups in total. The van der Waals surface area contributed by atoms with Gasteiger partial charge in [0.1, 0.15) is 5.70 Å². The summed E-state index contributed by atoms with van der Waals surface area (Å²) in [6.45, 7) is 2.30. The van der Waals surface area contributed by atoms with Crippen LogP contribution in [0.5, 0.6) is 11.5 Å². The number of carbonyl (C=O) groups excluding carboxylic acids is 2. The number of benzene rings is 1. The Hall–Kier alpha value is -3.22. The van der Waals surface area contributed by atoms with Gasteiger partial charge in [0.25, 0.3) is 5.91 Å². The molecule has 0 bridgehead atoms. The number of hydrogen-bond donors (Lipinski definition) is 1. The van der Waals surface area contributed by atoms with Crippen molar-refractivity contribution in [3.63, 3.8) is 0 Å². The Labute approximate surface area is 144 Å². The number of furan rings is 1. The molecule has 3 rings (SSSR count). The molecule has 0 unspecified atom stereocenters. The van der Waals surface area contributed by atoms with Gasteiger partial charge < -0.3 is 23.9 Å². The predicted molar refractivity (Wildman–Crippen MR) is 88.0 cm³/mol.